The van der Waals surface area contributed by atoms with E-state index in [1.54, 1.807) is 24.3 Å². The number of carbonyl (C=O) groups is 1. The number of fused-ring (bicyclic) bond motifs is 1. The molecule has 3 aromatic rings. The zero-order valence-corrected chi connectivity index (χ0v) is 13.7. The summed E-state index contributed by atoms with van der Waals surface area (Å²) < 4.78 is 4.49. The Kier molecular flexibility index (Phi) is 3.72. The molecule has 0 saturated heterocycles. The molecule has 0 saturated carbocycles. The average molecular weight is 335 g/mol. The molecule has 2 aromatic carbocycles. The van der Waals surface area contributed by atoms with Crippen molar-refractivity contribution in [3.8, 4) is 11.4 Å². The highest BCUT2D eigenvalue weighted by Gasteiger charge is 2.30. The summed E-state index contributed by atoms with van der Waals surface area (Å²) in [5.41, 5.74) is 3.74. The molecule has 2 atom stereocenters. The van der Waals surface area contributed by atoms with E-state index in [-0.39, 0.29) is 11.9 Å². The minimum absolute atomic E-state index is 0.0234. The van der Waals surface area contributed by atoms with Crippen LogP contribution in [0.15, 0.2) is 57.8 Å². The number of nitrogens with one attached hydrogen (secondary N) is 2. The van der Waals surface area contributed by atoms with Gasteiger partial charge in [0, 0.05) is 11.1 Å². The molecule has 1 aliphatic rings. The van der Waals surface area contributed by atoms with Crippen LogP contribution in [-0.2, 0) is 6.42 Å². The van der Waals surface area contributed by atoms with E-state index in [1.165, 1.54) is 11.1 Å². The second-order valence-electron chi connectivity index (χ2n) is 6.35. The second-order valence-corrected chi connectivity index (χ2v) is 6.35. The number of carbonyl (C=O) groups excluding carboxylic acids is 1. The van der Waals surface area contributed by atoms with Crippen molar-refractivity contribution in [1.29, 1.82) is 0 Å². The highest BCUT2D eigenvalue weighted by atomic mass is 16.5. The van der Waals surface area contributed by atoms with Crippen LogP contribution in [0.5, 0.6) is 0 Å². The normalized spacial score (nSPS) is 18.8. The second kappa shape index (κ2) is 6.05. The van der Waals surface area contributed by atoms with Gasteiger partial charge in [0.05, 0.1) is 6.04 Å². The van der Waals surface area contributed by atoms with E-state index in [9.17, 15) is 9.59 Å². The van der Waals surface area contributed by atoms with E-state index in [0.29, 0.717) is 22.9 Å². The number of amides is 1. The van der Waals surface area contributed by atoms with Crippen LogP contribution >= 0.6 is 0 Å². The minimum atomic E-state index is -0.606. The van der Waals surface area contributed by atoms with Gasteiger partial charge >= 0.3 is 5.76 Å². The number of rotatable bonds is 3. The fraction of sp³-hybridized carbons (Fsp3) is 0.211. The van der Waals surface area contributed by atoms with Crippen LogP contribution in [0.1, 0.15) is 34.5 Å². The van der Waals surface area contributed by atoms with Crippen molar-refractivity contribution in [1.82, 2.24) is 15.5 Å². The van der Waals surface area contributed by atoms with Crippen molar-refractivity contribution in [2.75, 3.05) is 0 Å². The topological polar surface area (TPSA) is 88.0 Å². The van der Waals surface area contributed by atoms with Crippen LogP contribution in [0.25, 0.3) is 11.4 Å². The van der Waals surface area contributed by atoms with Crippen LogP contribution in [0.2, 0.25) is 0 Å². The van der Waals surface area contributed by atoms with Crippen molar-refractivity contribution >= 4 is 5.91 Å². The molecule has 1 heterocycles. The van der Waals surface area contributed by atoms with Gasteiger partial charge in [-0.25, -0.2) is 4.79 Å². The molecule has 1 amide bonds. The first-order valence-corrected chi connectivity index (χ1v) is 8.17. The van der Waals surface area contributed by atoms with E-state index in [1.807, 2.05) is 12.1 Å². The number of benzene rings is 2. The third kappa shape index (κ3) is 2.87. The summed E-state index contributed by atoms with van der Waals surface area (Å²) in [7, 11) is 0. The van der Waals surface area contributed by atoms with E-state index >= 15 is 0 Å². The molecule has 1 aliphatic carbocycles. The van der Waals surface area contributed by atoms with Gasteiger partial charge in [0.2, 0.25) is 0 Å². The van der Waals surface area contributed by atoms with Gasteiger partial charge in [0.25, 0.3) is 5.91 Å². The molecule has 1 aromatic heterocycles. The predicted octanol–water partition coefficient (Wildman–Crippen LogP) is 2.69. The van der Waals surface area contributed by atoms with Crippen LogP contribution in [0, 0.1) is 5.92 Å². The lowest BCUT2D eigenvalue weighted by atomic mass is 10.0. The van der Waals surface area contributed by atoms with E-state index in [4.69, 9.17) is 0 Å². The molecule has 6 nitrogen and oxygen atoms in total. The standard InChI is InChI=1S/C19H17N3O3/c1-11-10-14-4-2-3-5-15(14)16(11)20-18(23)13-8-6-12(7-9-13)17-21-19(24)25-22-17/h2-9,11,16H,10H2,1H3,(H,20,23)(H,21,22,24). The Bertz CT molecular complexity index is 972. The zero-order chi connectivity index (χ0) is 17.4. The van der Waals surface area contributed by atoms with E-state index < -0.39 is 5.76 Å². The fourth-order valence-electron chi connectivity index (χ4n) is 3.37. The summed E-state index contributed by atoms with van der Waals surface area (Å²) in [6.07, 6.45) is 0.972. The van der Waals surface area contributed by atoms with Gasteiger partial charge in [0.15, 0.2) is 5.82 Å². The highest BCUT2D eigenvalue weighted by Crippen LogP contribution is 2.35. The van der Waals surface area contributed by atoms with Crippen molar-refractivity contribution < 1.29 is 9.32 Å². The lowest BCUT2D eigenvalue weighted by molar-refractivity contribution is 0.0927. The number of aromatic nitrogens is 2. The van der Waals surface area contributed by atoms with Gasteiger partial charge in [-0.3, -0.25) is 14.3 Å². The maximum atomic E-state index is 12.6. The van der Waals surface area contributed by atoms with Gasteiger partial charge in [-0.2, -0.15) is 0 Å². The number of aromatic amines is 1. The summed E-state index contributed by atoms with van der Waals surface area (Å²) in [6, 6.07) is 15.1. The Labute approximate surface area is 143 Å². The van der Waals surface area contributed by atoms with E-state index in [0.717, 1.165) is 6.42 Å². The van der Waals surface area contributed by atoms with Crippen LogP contribution in [0.4, 0.5) is 0 Å². The van der Waals surface area contributed by atoms with Gasteiger partial charge < -0.3 is 5.32 Å². The molecule has 0 spiro atoms. The van der Waals surface area contributed by atoms with Crippen molar-refractivity contribution in [2.45, 2.75) is 19.4 Å². The molecule has 126 valence electrons. The summed E-state index contributed by atoms with van der Waals surface area (Å²) in [4.78, 5) is 26.1. The first kappa shape index (κ1) is 15.4. The van der Waals surface area contributed by atoms with Gasteiger partial charge in [-0.15, -0.1) is 0 Å². The molecule has 6 heteroatoms. The number of hydrogen-bond acceptors (Lipinski definition) is 4. The molecule has 2 N–H and O–H groups in total. The summed E-state index contributed by atoms with van der Waals surface area (Å²) >= 11 is 0. The minimum Gasteiger partial charge on any atom is -0.345 e. The average Bonchev–Trinajstić information content (AvgIpc) is 3.19. The van der Waals surface area contributed by atoms with Crippen molar-refractivity contribution in [2.24, 2.45) is 5.92 Å². The van der Waals surface area contributed by atoms with Crippen LogP contribution in [-0.4, -0.2) is 16.0 Å². The molecule has 0 radical (unpaired) electrons. The fourth-order valence-corrected chi connectivity index (χ4v) is 3.37. The summed E-state index contributed by atoms with van der Waals surface area (Å²) in [5, 5.41) is 6.77. The molecule has 0 aliphatic heterocycles. The molecular formula is C19H17N3O3. The maximum absolute atomic E-state index is 12.6. The molecular weight excluding hydrogens is 318 g/mol. The smallest absolute Gasteiger partial charge is 0.345 e. The number of hydrogen-bond donors (Lipinski definition) is 2. The quantitative estimate of drug-likeness (QED) is 0.770. The molecule has 0 fully saturated rings. The number of H-pyrrole nitrogens is 1. The molecule has 2 unspecified atom stereocenters. The van der Waals surface area contributed by atoms with Crippen molar-refractivity contribution in [3.05, 3.63) is 75.8 Å². The van der Waals surface area contributed by atoms with Gasteiger partial charge in [-0.05, 0) is 35.6 Å². The first-order valence-electron chi connectivity index (χ1n) is 8.17. The largest absolute Gasteiger partial charge is 0.439 e. The SMILES string of the molecule is CC1Cc2ccccc2C1NC(=O)c1ccc(-c2noc(=O)[nH]2)cc1. The van der Waals surface area contributed by atoms with Gasteiger partial charge in [-0.1, -0.05) is 48.5 Å². The third-order valence-electron chi connectivity index (χ3n) is 4.65. The number of nitrogens with zero attached hydrogens (tertiary/aromatic N) is 1. The first-order chi connectivity index (χ1) is 12.1. The Hall–Kier alpha value is -3.15. The molecule has 0 bridgehead atoms. The van der Waals surface area contributed by atoms with Crippen LogP contribution < -0.4 is 11.1 Å². The lowest BCUT2D eigenvalue weighted by Gasteiger charge is -2.19. The predicted molar refractivity (Wildman–Crippen MR) is 92.1 cm³/mol. The van der Waals surface area contributed by atoms with Gasteiger partial charge in [0.1, 0.15) is 0 Å². The maximum Gasteiger partial charge on any atom is 0.439 e. The third-order valence-corrected chi connectivity index (χ3v) is 4.65. The Morgan fingerprint density at radius 2 is 1.96 bits per heavy atom. The molecule has 4 rings (SSSR count). The van der Waals surface area contributed by atoms with E-state index in [2.05, 4.69) is 39.0 Å². The monoisotopic (exact) mass is 335 g/mol. The summed E-state index contributed by atoms with van der Waals surface area (Å²) in [6.45, 7) is 2.15. The van der Waals surface area contributed by atoms with Crippen molar-refractivity contribution in [3.63, 3.8) is 0 Å². The van der Waals surface area contributed by atoms with Crippen LogP contribution in [0.3, 0.4) is 0 Å². The Morgan fingerprint density at radius 3 is 2.68 bits per heavy atom. The summed E-state index contributed by atoms with van der Waals surface area (Å²) in [5.74, 6) is -0.0180. The molecule has 25 heavy (non-hydrogen) atoms. The Morgan fingerprint density at radius 1 is 1.20 bits per heavy atom. The zero-order valence-electron chi connectivity index (χ0n) is 13.7. The Balaban J connectivity index is 1.53. The highest BCUT2D eigenvalue weighted by molar-refractivity contribution is 5.95. The lowest BCUT2D eigenvalue weighted by Crippen LogP contribution is -2.30.